The Kier molecular flexibility index (Phi) is 54.4. The van der Waals surface area contributed by atoms with Crippen LogP contribution in [0.4, 0.5) is 0 Å². The van der Waals surface area contributed by atoms with E-state index in [1.165, 1.54) is 96.3 Å². The van der Waals surface area contributed by atoms with Gasteiger partial charge in [0.25, 0.3) is 0 Å². The van der Waals surface area contributed by atoms with Gasteiger partial charge >= 0.3 is 17.9 Å². The van der Waals surface area contributed by atoms with Crippen molar-refractivity contribution in [2.75, 3.05) is 13.2 Å². The number of ether oxygens (including phenoxy) is 3. The SMILES string of the molecule is CC/C=C\C/C=C\C/C=C\C/C=C\CCCCCCCCC(=O)OCC(COC(=O)CCCC/C=C\C/C=C\C/C=C\C/C=C\CC)OC(=O)CCCCCCCCC/C=C\CCCCCCCCC. The van der Waals surface area contributed by atoms with E-state index in [1.54, 1.807) is 0 Å². The summed E-state index contributed by atoms with van der Waals surface area (Å²) in [6, 6.07) is 0. The molecule has 0 spiro atoms. The van der Waals surface area contributed by atoms with Crippen LogP contribution in [0, 0.1) is 0 Å². The topological polar surface area (TPSA) is 78.9 Å². The van der Waals surface area contributed by atoms with Crippen molar-refractivity contribution < 1.29 is 28.6 Å². The van der Waals surface area contributed by atoms with Gasteiger partial charge in [0, 0.05) is 19.3 Å². The summed E-state index contributed by atoms with van der Waals surface area (Å²) in [7, 11) is 0. The molecule has 0 heterocycles. The van der Waals surface area contributed by atoms with Crippen LogP contribution in [0.15, 0.2) is 109 Å². The number of rotatable bonds is 51. The second kappa shape index (κ2) is 57.6. The number of allylic oxidation sites excluding steroid dienone is 18. The standard InChI is InChI=1S/C64H106O6/c1-4-7-10-13-16-19-22-25-28-30-32-34-36-39-42-45-48-51-54-57-63(66)69-60-61(59-68-62(65)56-53-50-47-44-41-38-35-27-24-21-18-15-12-9-6-3)70-64(67)58-55-52-49-46-43-40-37-33-31-29-26-23-20-17-14-11-8-5-2/h7,9-10,12,16,18-19,21,25,27-29,31-32,34-35,41,44,61H,4-6,8,11,13-15,17,20,22-24,26,30,33,36-40,42-43,45-60H2,1-3H3/b10-7-,12-9-,19-16-,21-18-,28-25-,31-29-,34-32-,35-27-,44-41-. The Balaban J connectivity index is 4.48. The molecular formula is C64H106O6. The summed E-state index contributed by atoms with van der Waals surface area (Å²) in [5.41, 5.74) is 0. The molecule has 0 saturated carbocycles. The zero-order chi connectivity index (χ0) is 50.7. The molecular weight excluding hydrogens is 865 g/mol. The first-order valence-electron chi connectivity index (χ1n) is 28.9. The monoisotopic (exact) mass is 971 g/mol. The van der Waals surface area contributed by atoms with Crippen LogP contribution in [0.1, 0.15) is 258 Å². The number of esters is 3. The van der Waals surface area contributed by atoms with Gasteiger partial charge in [-0.1, -0.05) is 226 Å². The second-order valence-electron chi connectivity index (χ2n) is 18.8. The fourth-order valence-corrected chi connectivity index (χ4v) is 7.71. The molecule has 0 aliphatic carbocycles. The molecule has 6 heteroatoms. The molecule has 0 N–H and O–H groups in total. The molecule has 1 atom stereocenters. The molecule has 0 fully saturated rings. The van der Waals surface area contributed by atoms with Crippen LogP contribution in [0.3, 0.4) is 0 Å². The van der Waals surface area contributed by atoms with Crippen LogP contribution in [-0.4, -0.2) is 37.2 Å². The molecule has 0 amide bonds. The number of hydrogen-bond acceptors (Lipinski definition) is 6. The minimum absolute atomic E-state index is 0.102. The van der Waals surface area contributed by atoms with Crippen LogP contribution in [0.25, 0.3) is 0 Å². The first kappa shape index (κ1) is 66.1. The van der Waals surface area contributed by atoms with E-state index in [4.69, 9.17) is 14.2 Å². The van der Waals surface area contributed by atoms with Gasteiger partial charge in [0.05, 0.1) is 0 Å². The summed E-state index contributed by atoms with van der Waals surface area (Å²) in [6.45, 7) is 6.36. The number of unbranched alkanes of at least 4 members (excludes halogenated alkanes) is 22. The molecule has 0 aromatic rings. The molecule has 0 bridgehead atoms. The lowest BCUT2D eigenvalue weighted by molar-refractivity contribution is -0.167. The highest BCUT2D eigenvalue weighted by Crippen LogP contribution is 2.14. The zero-order valence-electron chi connectivity index (χ0n) is 45.5. The molecule has 1 unspecified atom stereocenters. The third kappa shape index (κ3) is 55.0. The van der Waals surface area contributed by atoms with Gasteiger partial charge in [-0.05, 0) is 122 Å². The summed E-state index contributed by atoms with van der Waals surface area (Å²) >= 11 is 0. The summed E-state index contributed by atoms with van der Waals surface area (Å²) in [5, 5.41) is 0. The maximum absolute atomic E-state index is 12.9. The minimum atomic E-state index is -0.806. The fraction of sp³-hybridized carbons (Fsp3) is 0.672. The second-order valence-corrected chi connectivity index (χ2v) is 18.8. The maximum atomic E-state index is 12.9. The molecule has 0 rings (SSSR count). The normalized spacial score (nSPS) is 12.9. The Bertz CT molecular complexity index is 1440. The van der Waals surface area contributed by atoms with Gasteiger partial charge in [0.2, 0.25) is 0 Å². The van der Waals surface area contributed by atoms with Crippen LogP contribution >= 0.6 is 0 Å². The lowest BCUT2D eigenvalue weighted by Crippen LogP contribution is -2.30. The van der Waals surface area contributed by atoms with Crippen molar-refractivity contribution >= 4 is 17.9 Å². The van der Waals surface area contributed by atoms with Crippen molar-refractivity contribution in [3.8, 4) is 0 Å². The van der Waals surface area contributed by atoms with Crippen molar-refractivity contribution in [1.82, 2.24) is 0 Å². The average Bonchev–Trinajstić information content (AvgIpc) is 3.36. The Morgan fingerprint density at radius 2 is 0.557 bits per heavy atom. The molecule has 0 aliphatic rings. The number of hydrogen-bond donors (Lipinski definition) is 0. The fourth-order valence-electron chi connectivity index (χ4n) is 7.71. The smallest absolute Gasteiger partial charge is 0.306 e. The van der Waals surface area contributed by atoms with Gasteiger partial charge in [-0.25, -0.2) is 0 Å². The van der Waals surface area contributed by atoms with E-state index in [-0.39, 0.29) is 31.1 Å². The van der Waals surface area contributed by atoms with Crippen molar-refractivity contribution in [3.63, 3.8) is 0 Å². The molecule has 0 radical (unpaired) electrons. The summed E-state index contributed by atoms with van der Waals surface area (Å²) < 4.78 is 16.8. The summed E-state index contributed by atoms with van der Waals surface area (Å²) in [5.74, 6) is -0.960. The molecule has 70 heavy (non-hydrogen) atoms. The van der Waals surface area contributed by atoms with Gasteiger partial charge in [0.15, 0.2) is 6.10 Å². The summed E-state index contributed by atoms with van der Waals surface area (Å²) in [6.07, 6.45) is 77.9. The van der Waals surface area contributed by atoms with Gasteiger partial charge < -0.3 is 14.2 Å². The predicted octanol–water partition coefficient (Wildman–Crippen LogP) is 19.5. The van der Waals surface area contributed by atoms with E-state index >= 15 is 0 Å². The van der Waals surface area contributed by atoms with E-state index in [1.807, 2.05) is 0 Å². The van der Waals surface area contributed by atoms with Crippen LogP contribution < -0.4 is 0 Å². The summed E-state index contributed by atoms with van der Waals surface area (Å²) in [4.78, 5) is 38.2. The van der Waals surface area contributed by atoms with Crippen molar-refractivity contribution in [3.05, 3.63) is 109 Å². The highest BCUT2D eigenvalue weighted by Gasteiger charge is 2.19. The highest BCUT2D eigenvalue weighted by molar-refractivity contribution is 5.71. The number of carbonyl (C=O) groups excluding carboxylic acids is 3. The Morgan fingerprint density at radius 1 is 0.300 bits per heavy atom. The third-order valence-corrected chi connectivity index (χ3v) is 12.0. The van der Waals surface area contributed by atoms with E-state index in [0.717, 1.165) is 122 Å². The Morgan fingerprint density at radius 3 is 0.914 bits per heavy atom. The van der Waals surface area contributed by atoms with Crippen LogP contribution in [0.2, 0.25) is 0 Å². The van der Waals surface area contributed by atoms with Crippen LogP contribution in [-0.2, 0) is 28.6 Å². The lowest BCUT2D eigenvalue weighted by Gasteiger charge is -2.18. The van der Waals surface area contributed by atoms with Crippen LogP contribution in [0.5, 0.6) is 0 Å². The maximum Gasteiger partial charge on any atom is 0.306 e. The quantitative estimate of drug-likeness (QED) is 0.0262. The van der Waals surface area contributed by atoms with Gasteiger partial charge in [-0.15, -0.1) is 0 Å². The highest BCUT2D eigenvalue weighted by atomic mass is 16.6. The molecule has 0 aliphatic heterocycles. The predicted molar refractivity (Wildman–Crippen MR) is 302 cm³/mol. The van der Waals surface area contributed by atoms with E-state index in [0.29, 0.717) is 19.3 Å². The third-order valence-electron chi connectivity index (χ3n) is 12.0. The molecule has 398 valence electrons. The van der Waals surface area contributed by atoms with Gasteiger partial charge in [0.1, 0.15) is 13.2 Å². The molecule has 6 nitrogen and oxygen atoms in total. The number of carbonyl (C=O) groups is 3. The Labute approximate surface area is 431 Å². The lowest BCUT2D eigenvalue weighted by atomic mass is 10.1. The molecule has 0 aromatic carbocycles. The van der Waals surface area contributed by atoms with Gasteiger partial charge in [-0.2, -0.15) is 0 Å². The molecule has 0 saturated heterocycles. The average molecular weight is 972 g/mol. The van der Waals surface area contributed by atoms with Crippen molar-refractivity contribution in [2.45, 2.75) is 264 Å². The Hall–Kier alpha value is -3.93. The zero-order valence-corrected chi connectivity index (χ0v) is 45.5. The van der Waals surface area contributed by atoms with E-state index < -0.39 is 6.10 Å². The van der Waals surface area contributed by atoms with E-state index in [2.05, 4.69) is 130 Å². The first-order valence-corrected chi connectivity index (χ1v) is 28.9. The largest absolute Gasteiger partial charge is 0.462 e. The van der Waals surface area contributed by atoms with Crippen molar-refractivity contribution in [1.29, 1.82) is 0 Å². The van der Waals surface area contributed by atoms with Crippen molar-refractivity contribution in [2.24, 2.45) is 0 Å². The van der Waals surface area contributed by atoms with E-state index in [9.17, 15) is 14.4 Å². The first-order chi connectivity index (χ1) is 34.5. The van der Waals surface area contributed by atoms with Gasteiger partial charge in [-0.3, -0.25) is 14.4 Å². The molecule has 0 aromatic heterocycles. The minimum Gasteiger partial charge on any atom is -0.462 e.